The summed E-state index contributed by atoms with van der Waals surface area (Å²) >= 11 is 3.38. The molecule has 3 heteroatoms. The van der Waals surface area contributed by atoms with Crippen LogP contribution in [0.2, 0.25) is 0 Å². The third kappa shape index (κ3) is 1.92. The SMILES string of the molecule is NCC1(Cc2cccc(F)c2Br)CC2CCC1C2. The van der Waals surface area contributed by atoms with Crippen molar-refractivity contribution in [2.24, 2.45) is 23.0 Å². The molecule has 0 saturated heterocycles. The molecule has 2 bridgehead atoms. The molecule has 2 fully saturated rings. The maximum absolute atomic E-state index is 13.6. The second kappa shape index (κ2) is 4.61. The number of halogens is 2. The van der Waals surface area contributed by atoms with Gasteiger partial charge in [-0.3, -0.25) is 0 Å². The largest absolute Gasteiger partial charge is 0.330 e. The molecule has 1 aromatic carbocycles. The molecule has 98 valence electrons. The number of nitrogens with two attached hydrogens (primary N) is 1. The molecular weight excluding hydrogens is 293 g/mol. The van der Waals surface area contributed by atoms with E-state index in [1.807, 2.05) is 6.07 Å². The van der Waals surface area contributed by atoms with Gasteiger partial charge in [-0.1, -0.05) is 18.6 Å². The van der Waals surface area contributed by atoms with Crippen molar-refractivity contribution >= 4 is 15.9 Å². The minimum absolute atomic E-state index is 0.164. The fraction of sp³-hybridized carbons (Fsp3) is 0.600. The van der Waals surface area contributed by atoms with Gasteiger partial charge in [0.1, 0.15) is 5.82 Å². The van der Waals surface area contributed by atoms with Crippen LogP contribution in [-0.4, -0.2) is 6.54 Å². The van der Waals surface area contributed by atoms with Gasteiger partial charge in [0.25, 0.3) is 0 Å². The van der Waals surface area contributed by atoms with Crippen molar-refractivity contribution < 1.29 is 4.39 Å². The van der Waals surface area contributed by atoms with Crippen LogP contribution in [0.25, 0.3) is 0 Å². The highest BCUT2D eigenvalue weighted by Gasteiger charge is 2.49. The van der Waals surface area contributed by atoms with Gasteiger partial charge in [0.05, 0.1) is 4.47 Å². The van der Waals surface area contributed by atoms with Crippen LogP contribution < -0.4 is 5.73 Å². The van der Waals surface area contributed by atoms with Crippen LogP contribution in [0, 0.1) is 23.1 Å². The van der Waals surface area contributed by atoms with Crippen LogP contribution in [0.5, 0.6) is 0 Å². The maximum Gasteiger partial charge on any atom is 0.137 e. The number of benzene rings is 1. The molecule has 3 unspecified atom stereocenters. The van der Waals surface area contributed by atoms with Gasteiger partial charge < -0.3 is 5.73 Å². The first-order valence-electron chi connectivity index (χ1n) is 6.77. The lowest BCUT2D eigenvalue weighted by atomic mass is 9.69. The molecule has 1 aromatic rings. The molecule has 0 radical (unpaired) electrons. The Morgan fingerprint density at radius 2 is 2.22 bits per heavy atom. The molecule has 2 aliphatic carbocycles. The smallest absolute Gasteiger partial charge is 0.137 e. The Labute approximate surface area is 116 Å². The average molecular weight is 312 g/mol. The van der Waals surface area contributed by atoms with E-state index in [9.17, 15) is 4.39 Å². The third-order valence-corrected chi connectivity index (χ3v) is 5.97. The summed E-state index contributed by atoms with van der Waals surface area (Å²) in [6.07, 6.45) is 6.18. The van der Waals surface area contributed by atoms with E-state index in [0.29, 0.717) is 4.47 Å². The first-order valence-corrected chi connectivity index (χ1v) is 7.57. The quantitative estimate of drug-likeness (QED) is 0.900. The molecule has 0 heterocycles. The minimum Gasteiger partial charge on any atom is -0.330 e. The van der Waals surface area contributed by atoms with Crippen molar-refractivity contribution in [1.29, 1.82) is 0 Å². The van der Waals surface area contributed by atoms with Gasteiger partial charge in [-0.25, -0.2) is 4.39 Å². The minimum atomic E-state index is -0.164. The van der Waals surface area contributed by atoms with E-state index in [1.54, 1.807) is 6.07 Å². The highest BCUT2D eigenvalue weighted by atomic mass is 79.9. The first-order chi connectivity index (χ1) is 8.64. The second-order valence-electron chi connectivity index (χ2n) is 6.04. The number of hydrogen-bond donors (Lipinski definition) is 1. The summed E-state index contributed by atoms with van der Waals surface area (Å²) in [6.45, 7) is 0.733. The Morgan fingerprint density at radius 1 is 1.39 bits per heavy atom. The second-order valence-corrected chi connectivity index (χ2v) is 6.83. The van der Waals surface area contributed by atoms with Gasteiger partial charge in [0.15, 0.2) is 0 Å². The highest BCUT2D eigenvalue weighted by molar-refractivity contribution is 9.10. The third-order valence-electron chi connectivity index (χ3n) is 5.08. The summed E-state index contributed by atoms with van der Waals surface area (Å²) in [5.41, 5.74) is 7.38. The van der Waals surface area contributed by atoms with Crippen LogP contribution in [0.15, 0.2) is 22.7 Å². The average Bonchev–Trinajstić information content (AvgIpc) is 2.96. The predicted molar refractivity (Wildman–Crippen MR) is 74.7 cm³/mol. The van der Waals surface area contributed by atoms with E-state index in [2.05, 4.69) is 15.9 Å². The van der Waals surface area contributed by atoms with E-state index in [-0.39, 0.29) is 11.2 Å². The van der Waals surface area contributed by atoms with Crippen molar-refractivity contribution in [3.63, 3.8) is 0 Å². The van der Waals surface area contributed by atoms with Gasteiger partial charge >= 0.3 is 0 Å². The van der Waals surface area contributed by atoms with E-state index in [4.69, 9.17) is 5.73 Å². The summed E-state index contributed by atoms with van der Waals surface area (Å²) in [4.78, 5) is 0. The van der Waals surface area contributed by atoms with Gasteiger partial charge in [-0.05, 0) is 77.0 Å². The maximum atomic E-state index is 13.6. The molecule has 2 aliphatic rings. The number of rotatable bonds is 3. The molecule has 0 aromatic heterocycles. The molecular formula is C15H19BrFN. The lowest BCUT2D eigenvalue weighted by Crippen LogP contribution is -2.38. The van der Waals surface area contributed by atoms with Crippen LogP contribution in [0.4, 0.5) is 4.39 Å². The zero-order valence-electron chi connectivity index (χ0n) is 10.5. The lowest BCUT2D eigenvalue weighted by Gasteiger charge is -2.37. The topological polar surface area (TPSA) is 26.0 Å². The summed E-state index contributed by atoms with van der Waals surface area (Å²) in [5, 5.41) is 0. The molecule has 2 N–H and O–H groups in total. The molecule has 0 spiro atoms. The molecule has 3 atom stereocenters. The molecule has 2 saturated carbocycles. The van der Waals surface area contributed by atoms with Gasteiger partial charge in [-0.15, -0.1) is 0 Å². The Kier molecular flexibility index (Phi) is 3.23. The summed E-state index contributed by atoms with van der Waals surface area (Å²) < 4.78 is 14.2. The van der Waals surface area contributed by atoms with E-state index in [0.717, 1.165) is 30.4 Å². The Balaban J connectivity index is 1.88. The normalized spacial score (nSPS) is 34.2. The Hall–Kier alpha value is -0.410. The lowest BCUT2D eigenvalue weighted by molar-refractivity contribution is 0.171. The molecule has 0 amide bonds. The molecule has 0 aliphatic heterocycles. The molecule has 1 nitrogen and oxygen atoms in total. The van der Waals surface area contributed by atoms with E-state index < -0.39 is 0 Å². The van der Waals surface area contributed by atoms with Crippen molar-refractivity contribution in [3.05, 3.63) is 34.1 Å². The van der Waals surface area contributed by atoms with Crippen molar-refractivity contribution in [1.82, 2.24) is 0 Å². The Bertz CT molecular complexity index is 462. The van der Waals surface area contributed by atoms with Crippen molar-refractivity contribution in [2.75, 3.05) is 6.54 Å². The van der Waals surface area contributed by atoms with Gasteiger partial charge in [0.2, 0.25) is 0 Å². The fourth-order valence-corrected chi connectivity index (χ4v) is 4.57. The fourth-order valence-electron chi connectivity index (χ4n) is 4.16. The van der Waals surface area contributed by atoms with Gasteiger partial charge in [-0.2, -0.15) is 0 Å². The van der Waals surface area contributed by atoms with Crippen LogP contribution in [-0.2, 0) is 6.42 Å². The summed E-state index contributed by atoms with van der Waals surface area (Å²) in [7, 11) is 0. The molecule has 3 rings (SSSR count). The Morgan fingerprint density at radius 3 is 2.83 bits per heavy atom. The summed E-state index contributed by atoms with van der Waals surface area (Å²) in [5.74, 6) is 1.45. The highest BCUT2D eigenvalue weighted by Crippen LogP contribution is 2.57. The summed E-state index contributed by atoms with van der Waals surface area (Å²) in [6, 6.07) is 5.33. The van der Waals surface area contributed by atoms with E-state index >= 15 is 0 Å². The van der Waals surface area contributed by atoms with Crippen LogP contribution >= 0.6 is 15.9 Å². The standard InChI is InChI=1S/C15H19BrFN/c16-14-11(2-1-3-13(14)17)8-15(9-18)7-10-4-5-12(15)6-10/h1-3,10,12H,4-9,18H2. The number of hydrogen-bond acceptors (Lipinski definition) is 1. The zero-order valence-corrected chi connectivity index (χ0v) is 12.0. The van der Waals surface area contributed by atoms with Crippen molar-refractivity contribution in [2.45, 2.75) is 32.1 Å². The van der Waals surface area contributed by atoms with Gasteiger partial charge in [0, 0.05) is 0 Å². The zero-order chi connectivity index (χ0) is 12.8. The number of fused-ring (bicyclic) bond motifs is 2. The van der Waals surface area contributed by atoms with Crippen LogP contribution in [0.3, 0.4) is 0 Å². The van der Waals surface area contributed by atoms with Crippen LogP contribution in [0.1, 0.15) is 31.2 Å². The van der Waals surface area contributed by atoms with Crippen molar-refractivity contribution in [3.8, 4) is 0 Å². The first kappa shape index (κ1) is 12.6. The molecule has 18 heavy (non-hydrogen) atoms. The monoisotopic (exact) mass is 311 g/mol. The van der Waals surface area contributed by atoms with E-state index in [1.165, 1.54) is 31.7 Å². The predicted octanol–water partition coefficient (Wildman–Crippen LogP) is 3.90.